The molecule has 0 aromatic carbocycles. The van der Waals surface area contributed by atoms with Crippen molar-refractivity contribution < 1.29 is 4.74 Å². The zero-order valence-corrected chi connectivity index (χ0v) is 9.63. The Labute approximate surface area is 92.7 Å². The smallest absolute Gasteiger partial charge is 0.0472 e. The van der Waals surface area contributed by atoms with Crippen LogP contribution >= 0.6 is 0 Å². The average molecular weight is 212 g/mol. The Hall–Kier alpha value is -0.120. The highest BCUT2D eigenvalue weighted by atomic mass is 16.5. The predicted molar refractivity (Wildman–Crippen MR) is 61.8 cm³/mol. The van der Waals surface area contributed by atoms with Crippen LogP contribution in [0, 0.1) is 11.3 Å². The van der Waals surface area contributed by atoms with Gasteiger partial charge < -0.3 is 15.8 Å². The zero-order chi connectivity index (χ0) is 10.6. The summed E-state index contributed by atoms with van der Waals surface area (Å²) < 4.78 is 5.40. The highest BCUT2D eigenvalue weighted by Gasteiger charge is 2.30. The number of nitrogens with one attached hydrogen (secondary N) is 1. The van der Waals surface area contributed by atoms with Crippen molar-refractivity contribution in [3.8, 4) is 0 Å². The normalized spacial score (nSPS) is 25.4. The van der Waals surface area contributed by atoms with E-state index < -0.39 is 0 Å². The lowest BCUT2D eigenvalue weighted by atomic mass is 9.80. The first kappa shape index (κ1) is 11.4. The third-order valence-corrected chi connectivity index (χ3v) is 3.91. The van der Waals surface area contributed by atoms with Crippen LogP contribution in [0.3, 0.4) is 0 Å². The molecule has 1 aliphatic carbocycles. The van der Waals surface area contributed by atoms with Gasteiger partial charge in [0.25, 0.3) is 0 Å². The van der Waals surface area contributed by atoms with Crippen molar-refractivity contribution in [3.63, 3.8) is 0 Å². The zero-order valence-electron chi connectivity index (χ0n) is 9.63. The fraction of sp³-hybridized carbons (Fsp3) is 1.00. The van der Waals surface area contributed by atoms with Crippen LogP contribution in [0.4, 0.5) is 0 Å². The predicted octanol–water partition coefficient (Wildman–Crippen LogP) is 1.13. The molecule has 3 nitrogen and oxygen atoms in total. The van der Waals surface area contributed by atoms with E-state index in [4.69, 9.17) is 10.5 Å². The van der Waals surface area contributed by atoms with Gasteiger partial charge in [-0.1, -0.05) is 12.8 Å². The molecule has 2 fully saturated rings. The number of ether oxygens (including phenoxy) is 1. The van der Waals surface area contributed by atoms with Gasteiger partial charge in [-0.2, -0.15) is 0 Å². The number of rotatable bonds is 6. The van der Waals surface area contributed by atoms with E-state index in [1.165, 1.54) is 25.8 Å². The molecule has 0 amide bonds. The summed E-state index contributed by atoms with van der Waals surface area (Å²) in [5.74, 6) is 1.03. The Morgan fingerprint density at radius 1 is 1.27 bits per heavy atom. The highest BCUT2D eigenvalue weighted by Crippen LogP contribution is 2.32. The second-order valence-electron chi connectivity index (χ2n) is 5.23. The van der Waals surface area contributed by atoms with Gasteiger partial charge in [0, 0.05) is 19.8 Å². The highest BCUT2D eigenvalue weighted by molar-refractivity contribution is 4.85. The molecule has 3 N–H and O–H groups in total. The molecule has 3 heteroatoms. The van der Waals surface area contributed by atoms with E-state index in [0.29, 0.717) is 5.41 Å². The van der Waals surface area contributed by atoms with E-state index in [2.05, 4.69) is 5.32 Å². The SMILES string of the molecule is NCC1(CNCCC2CC2)CCOCC1. The van der Waals surface area contributed by atoms with Gasteiger partial charge in [0.1, 0.15) is 0 Å². The van der Waals surface area contributed by atoms with Gasteiger partial charge in [-0.05, 0) is 43.7 Å². The fourth-order valence-electron chi connectivity index (χ4n) is 2.32. The summed E-state index contributed by atoms with van der Waals surface area (Å²) in [5, 5.41) is 3.58. The Morgan fingerprint density at radius 2 is 2.00 bits per heavy atom. The van der Waals surface area contributed by atoms with Crippen LogP contribution in [-0.2, 0) is 4.74 Å². The molecule has 0 bridgehead atoms. The number of hydrogen-bond acceptors (Lipinski definition) is 3. The van der Waals surface area contributed by atoms with Crippen LogP contribution in [0.5, 0.6) is 0 Å². The maximum atomic E-state index is 5.90. The quantitative estimate of drug-likeness (QED) is 0.649. The summed E-state index contributed by atoms with van der Waals surface area (Å²) in [6, 6.07) is 0. The van der Waals surface area contributed by atoms with Gasteiger partial charge in [-0.3, -0.25) is 0 Å². The summed E-state index contributed by atoms with van der Waals surface area (Å²) in [6.07, 6.45) is 6.52. The summed E-state index contributed by atoms with van der Waals surface area (Å²) in [6.45, 7) is 4.84. The topological polar surface area (TPSA) is 47.3 Å². The molecule has 1 saturated carbocycles. The maximum Gasteiger partial charge on any atom is 0.0472 e. The summed E-state index contributed by atoms with van der Waals surface area (Å²) in [7, 11) is 0. The standard InChI is InChI=1S/C12H24N2O/c13-9-12(4-7-15-8-5-12)10-14-6-3-11-1-2-11/h11,14H,1-10,13H2. The second kappa shape index (κ2) is 5.28. The summed E-state index contributed by atoms with van der Waals surface area (Å²) in [4.78, 5) is 0. The third kappa shape index (κ3) is 3.44. The maximum absolute atomic E-state index is 5.90. The lowest BCUT2D eigenvalue weighted by Crippen LogP contribution is -2.44. The van der Waals surface area contributed by atoms with E-state index >= 15 is 0 Å². The van der Waals surface area contributed by atoms with Gasteiger partial charge in [0.15, 0.2) is 0 Å². The van der Waals surface area contributed by atoms with Crippen LogP contribution in [0.25, 0.3) is 0 Å². The first-order valence-corrected chi connectivity index (χ1v) is 6.33. The molecule has 0 unspecified atom stereocenters. The molecular formula is C12H24N2O. The third-order valence-electron chi connectivity index (χ3n) is 3.91. The lowest BCUT2D eigenvalue weighted by Gasteiger charge is -2.36. The Bertz CT molecular complexity index is 186. The molecule has 0 radical (unpaired) electrons. The van der Waals surface area contributed by atoms with Crippen molar-refractivity contribution >= 4 is 0 Å². The van der Waals surface area contributed by atoms with Gasteiger partial charge in [0.05, 0.1) is 0 Å². The first-order chi connectivity index (χ1) is 7.35. The fourth-order valence-corrected chi connectivity index (χ4v) is 2.32. The summed E-state index contributed by atoms with van der Waals surface area (Å²) in [5.41, 5.74) is 6.22. The number of hydrogen-bond donors (Lipinski definition) is 2. The molecule has 1 heterocycles. The van der Waals surface area contributed by atoms with Crippen LogP contribution in [0.1, 0.15) is 32.1 Å². The van der Waals surface area contributed by atoms with E-state index in [1.807, 2.05) is 0 Å². The average Bonchev–Trinajstić information content (AvgIpc) is 3.10. The number of nitrogens with two attached hydrogens (primary N) is 1. The van der Waals surface area contributed by atoms with Gasteiger partial charge in [-0.25, -0.2) is 0 Å². The van der Waals surface area contributed by atoms with Crippen molar-refractivity contribution in [2.75, 3.05) is 32.8 Å². The van der Waals surface area contributed by atoms with Crippen molar-refractivity contribution in [3.05, 3.63) is 0 Å². The molecular weight excluding hydrogens is 188 g/mol. The van der Waals surface area contributed by atoms with Crippen molar-refractivity contribution in [1.82, 2.24) is 5.32 Å². The minimum Gasteiger partial charge on any atom is -0.381 e. The monoisotopic (exact) mass is 212 g/mol. The van der Waals surface area contributed by atoms with Crippen LogP contribution in [0.15, 0.2) is 0 Å². The van der Waals surface area contributed by atoms with Crippen LogP contribution in [0.2, 0.25) is 0 Å². The molecule has 88 valence electrons. The molecule has 0 aromatic heterocycles. The second-order valence-corrected chi connectivity index (χ2v) is 5.23. The molecule has 2 rings (SSSR count). The van der Waals surface area contributed by atoms with Gasteiger partial charge >= 0.3 is 0 Å². The Kier molecular flexibility index (Phi) is 4.00. The van der Waals surface area contributed by atoms with E-state index in [9.17, 15) is 0 Å². The summed E-state index contributed by atoms with van der Waals surface area (Å²) >= 11 is 0. The van der Waals surface area contributed by atoms with E-state index in [1.54, 1.807) is 0 Å². The van der Waals surface area contributed by atoms with Crippen LogP contribution < -0.4 is 11.1 Å². The molecule has 0 spiro atoms. The first-order valence-electron chi connectivity index (χ1n) is 6.33. The molecule has 1 aliphatic heterocycles. The van der Waals surface area contributed by atoms with E-state index in [0.717, 1.165) is 45.1 Å². The van der Waals surface area contributed by atoms with Crippen molar-refractivity contribution in [2.45, 2.75) is 32.1 Å². The van der Waals surface area contributed by atoms with Crippen molar-refractivity contribution in [1.29, 1.82) is 0 Å². The molecule has 0 atom stereocenters. The molecule has 0 aromatic rings. The Morgan fingerprint density at radius 3 is 2.60 bits per heavy atom. The van der Waals surface area contributed by atoms with Crippen molar-refractivity contribution in [2.24, 2.45) is 17.1 Å². The Balaban J connectivity index is 1.64. The van der Waals surface area contributed by atoms with E-state index in [-0.39, 0.29) is 0 Å². The molecule has 15 heavy (non-hydrogen) atoms. The molecule has 2 aliphatic rings. The lowest BCUT2D eigenvalue weighted by molar-refractivity contribution is 0.0193. The minimum atomic E-state index is 0.321. The minimum absolute atomic E-state index is 0.321. The molecule has 1 saturated heterocycles. The van der Waals surface area contributed by atoms with Crippen LogP contribution in [-0.4, -0.2) is 32.8 Å². The van der Waals surface area contributed by atoms with Gasteiger partial charge in [-0.15, -0.1) is 0 Å². The largest absolute Gasteiger partial charge is 0.381 e. The van der Waals surface area contributed by atoms with Gasteiger partial charge in [0.2, 0.25) is 0 Å².